The van der Waals surface area contributed by atoms with Crippen molar-refractivity contribution in [3.63, 3.8) is 0 Å². The van der Waals surface area contributed by atoms with Gasteiger partial charge in [-0.15, -0.1) is 0 Å². The van der Waals surface area contributed by atoms with E-state index < -0.39 is 11.8 Å². The number of Topliss-reactive ketones (excluding diaryl/α,β-unsaturated/α-hetero) is 1. The maximum absolute atomic E-state index is 12.1. The van der Waals surface area contributed by atoms with Crippen LogP contribution in [-0.2, 0) is 16.1 Å². The van der Waals surface area contributed by atoms with Crippen LogP contribution in [0.3, 0.4) is 0 Å². The maximum atomic E-state index is 12.1. The van der Waals surface area contributed by atoms with E-state index in [1.54, 1.807) is 28.9 Å². The van der Waals surface area contributed by atoms with Crippen molar-refractivity contribution in [2.24, 2.45) is 0 Å². The van der Waals surface area contributed by atoms with E-state index in [4.69, 9.17) is 4.74 Å². The Kier molecular flexibility index (Phi) is 7.10. The number of ether oxygens (including phenoxy) is 1. The molecule has 0 radical (unpaired) electrons. The van der Waals surface area contributed by atoms with Crippen molar-refractivity contribution in [3.8, 4) is 5.75 Å². The third kappa shape index (κ3) is 6.25. The lowest BCUT2D eigenvalue weighted by atomic mass is 10.1. The van der Waals surface area contributed by atoms with E-state index in [2.05, 4.69) is 16.0 Å². The fourth-order valence-electron chi connectivity index (χ4n) is 2.49. The van der Waals surface area contributed by atoms with Crippen LogP contribution in [0.25, 0.3) is 0 Å². The van der Waals surface area contributed by atoms with Crippen LogP contribution in [0, 0.1) is 13.8 Å². The minimum Gasteiger partial charge on any atom is -0.494 e. The van der Waals surface area contributed by atoms with E-state index in [0.717, 1.165) is 11.4 Å². The van der Waals surface area contributed by atoms with Gasteiger partial charge in [0.1, 0.15) is 12.3 Å². The molecule has 144 valence electrons. The Morgan fingerprint density at radius 2 is 1.70 bits per heavy atom. The fourth-order valence-corrected chi connectivity index (χ4v) is 2.49. The third-order valence-electron chi connectivity index (χ3n) is 3.80. The summed E-state index contributed by atoms with van der Waals surface area (Å²) in [5.74, 6) is -0.289. The number of hydrazine groups is 1. The zero-order valence-corrected chi connectivity index (χ0v) is 15.7. The standard InChI is InChI=1S/C19H24N4O4/c1-4-27-16-7-5-15(6-8-16)17(24)9-10-18(25)20-21-19(26)12-23-14(3)11-13(2)22-23/h5-8,11H,4,9-10,12H2,1-3H3,(H,20,25)(H,21,26). The summed E-state index contributed by atoms with van der Waals surface area (Å²) in [5.41, 5.74) is 6.82. The molecule has 2 rings (SSSR count). The van der Waals surface area contributed by atoms with E-state index >= 15 is 0 Å². The number of carbonyl (C=O) groups is 3. The quantitative estimate of drug-likeness (QED) is 0.542. The predicted octanol–water partition coefficient (Wildman–Crippen LogP) is 1.71. The number of nitrogens with one attached hydrogen (secondary N) is 2. The fraction of sp³-hybridized carbons (Fsp3) is 0.368. The summed E-state index contributed by atoms with van der Waals surface area (Å²) in [6.45, 7) is 6.13. The molecule has 2 amide bonds. The molecule has 8 heteroatoms. The van der Waals surface area contributed by atoms with Gasteiger partial charge in [-0.05, 0) is 51.1 Å². The second kappa shape index (κ2) is 9.51. The van der Waals surface area contributed by atoms with Gasteiger partial charge in [0.05, 0.1) is 12.3 Å². The highest BCUT2D eigenvalue weighted by Crippen LogP contribution is 2.14. The largest absolute Gasteiger partial charge is 0.494 e. The molecular formula is C19H24N4O4. The number of ketones is 1. The lowest BCUT2D eigenvalue weighted by Gasteiger charge is -2.08. The number of carbonyl (C=O) groups excluding carboxylic acids is 3. The van der Waals surface area contributed by atoms with E-state index in [0.29, 0.717) is 17.9 Å². The second-order valence-corrected chi connectivity index (χ2v) is 6.06. The number of rotatable bonds is 8. The minimum atomic E-state index is -0.434. The van der Waals surface area contributed by atoms with Crippen LogP contribution in [0.5, 0.6) is 5.75 Å². The van der Waals surface area contributed by atoms with Crippen LogP contribution in [0.1, 0.15) is 41.5 Å². The van der Waals surface area contributed by atoms with Gasteiger partial charge in [-0.2, -0.15) is 5.10 Å². The highest BCUT2D eigenvalue weighted by atomic mass is 16.5. The summed E-state index contributed by atoms with van der Waals surface area (Å²) in [6.07, 6.45) is 0.0272. The van der Waals surface area contributed by atoms with Gasteiger partial charge in [0.15, 0.2) is 5.78 Å². The number of hydrogen-bond acceptors (Lipinski definition) is 5. The van der Waals surface area contributed by atoms with Gasteiger partial charge in [0, 0.05) is 24.1 Å². The van der Waals surface area contributed by atoms with Gasteiger partial charge in [-0.3, -0.25) is 29.9 Å². The predicted molar refractivity (Wildman–Crippen MR) is 99.2 cm³/mol. The molecule has 0 aliphatic carbocycles. The van der Waals surface area contributed by atoms with E-state index in [9.17, 15) is 14.4 Å². The van der Waals surface area contributed by atoms with Gasteiger partial charge in [-0.1, -0.05) is 0 Å². The van der Waals surface area contributed by atoms with Gasteiger partial charge < -0.3 is 4.74 Å². The Labute approximate surface area is 157 Å². The highest BCUT2D eigenvalue weighted by Gasteiger charge is 2.11. The molecule has 0 unspecified atom stereocenters. The van der Waals surface area contributed by atoms with Crippen LogP contribution < -0.4 is 15.6 Å². The van der Waals surface area contributed by atoms with E-state index in [1.165, 1.54) is 0 Å². The lowest BCUT2D eigenvalue weighted by molar-refractivity contribution is -0.129. The first-order valence-corrected chi connectivity index (χ1v) is 8.74. The second-order valence-electron chi connectivity index (χ2n) is 6.06. The molecule has 0 fully saturated rings. The smallest absolute Gasteiger partial charge is 0.260 e. The summed E-state index contributed by atoms with van der Waals surface area (Å²) < 4.78 is 6.87. The molecule has 2 N–H and O–H groups in total. The van der Waals surface area contributed by atoms with Crippen molar-refractivity contribution in [1.82, 2.24) is 20.6 Å². The first kappa shape index (κ1) is 20.2. The molecule has 8 nitrogen and oxygen atoms in total. The Morgan fingerprint density at radius 3 is 2.30 bits per heavy atom. The first-order valence-electron chi connectivity index (χ1n) is 8.74. The minimum absolute atomic E-state index is 0.00502. The van der Waals surface area contributed by atoms with Crippen molar-refractivity contribution in [1.29, 1.82) is 0 Å². The monoisotopic (exact) mass is 372 g/mol. The third-order valence-corrected chi connectivity index (χ3v) is 3.80. The van der Waals surface area contributed by atoms with E-state index in [-0.39, 0.29) is 25.2 Å². The van der Waals surface area contributed by atoms with Gasteiger partial charge in [0.25, 0.3) is 5.91 Å². The molecule has 0 saturated carbocycles. The number of nitrogens with zero attached hydrogens (tertiary/aromatic N) is 2. The summed E-state index contributed by atoms with van der Waals surface area (Å²) in [6, 6.07) is 8.63. The number of aryl methyl sites for hydroxylation is 2. The molecule has 0 bridgehead atoms. The molecule has 2 aromatic rings. The highest BCUT2D eigenvalue weighted by molar-refractivity contribution is 5.98. The molecule has 1 heterocycles. The average Bonchev–Trinajstić information content (AvgIpc) is 2.95. The molecule has 0 saturated heterocycles. The van der Waals surface area contributed by atoms with Crippen molar-refractivity contribution >= 4 is 17.6 Å². The van der Waals surface area contributed by atoms with Crippen molar-refractivity contribution in [2.75, 3.05) is 6.61 Å². The normalized spacial score (nSPS) is 10.3. The zero-order valence-electron chi connectivity index (χ0n) is 15.7. The van der Waals surface area contributed by atoms with Gasteiger partial charge >= 0.3 is 0 Å². The Bertz CT molecular complexity index is 812. The Morgan fingerprint density at radius 1 is 1.04 bits per heavy atom. The molecule has 0 aliphatic rings. The van der Waals surface area contributed by atoms with Crippen molar-refractivity contribution in [3.05, 3.63) is 47.3 Å². The van der Waals surface area contributed by atoms with Crippen LogP contribution in [0.4, 0.5) is 0 Å². The van der Waals surface area contributed by atoms with Crippen molar-refractivity contribution < 1.29 is 19.1 Å². The molecule has 1 aromatic heterocycles. The molecule has 0 aliphatic heterocycles. The van der Waals surface area contributed by atoms with Crippen LogP contribution in [0.15, 0.2) is 30.3 Å². The molecular weight excluding hydrogens is 348 g/mol. The summed E-state index contributed by atoms with van der Waals surface area (Å²) in [5, 5.41) is 4.18. The molecule has 27 heavy (non-hydrogen) atoms. The number of hydrogen-bond donors (Lipinski definition) is 2. The van der Waals surface area contributed by atoms with Crippen LogP contribution in [0.2, 0.25) is 0 Å². The lowest BCUT2D eigenvalue weighted by Crippen LogP contribution is -2.43. The zero-order chi connectivity index (χ0) is 19.8. The van der Waals surface area contributed by atoms with Crippen LogP contribution in [-0.4, -0.2) is 34.0 Å². The number of aromatic nitrogens is 2. The van der Waals surface area contributed by atoms with Crippen LogP contribution >= 0.6 is 0 Å². The average molecular weight is 372 g/mol. The number of amides is 2. The SMILES string of the molecule is CCOc1ccc(C(=O)CCC(=O)NNC(=O)Cn2nc(C)cc2C)cc1. The van der Waals surface area contributed by atoms with E-state index in [1.807, 2.05) is 26.8 Å². The summed E-state index contributed by atoms with van der Waals surface area (Å²) in [4.78, 5) is 35.8. The summed E-state index contributed by atoms with van der Waals surface area (Å²) in [7, 11) is 0. The van der Waals surface area contributed by atoms with Gasteiger partial charge in [0.2, 0.25) is 5.91 Å². The number of benzene rings is 1. The molecule has 0 atom stereocenters. The summed E-state index contributed by atoms with van der Waals surface area (Å²) >= 11 is 0. The Hall–Kier alpha value is -3.16. The van der Waals surface area contributed by atoms with Gasteiger partial charge in [-0.25, -0.2) is 0 Å². The first-order chi connectivity index (χ1) is 12.9. The molecule has 0 spiro atoms. The molecule has 1 aromatic carbocycles. The Balaban J connectivity index is 1.72. The maximum Gasteiger partial charge on any atom is 0.260 e. The van der Waals surface area contributed by atoms with Crippen molar-refractivity contribution in [2.45, 2.75) is 40.2 Å². The topological polar surface area (TPSA) is 102 Å².